The van der Waals surface area contributed by atoms with E-state index in [4.69, 9.17) is 5.11 Å². The molecule has 1 rings (SSSR count). The molecule has 98 valence electrons. The number of nitrogens with one attached hydrogen (secondary N) is 1. The van der Waals surface area contributed by atoms with Gasteiger partial charge in [0.2, 0.25) is 0 Å². The van der Waals surface area contributed by atoms with Gasteiger partial charge in [-0.25, -0.2) is 4.79 Å². The van der Waals surface area contributed by atoms with Crippen LogP contribution in [-0.2, 0) is 14.3 Å². The summed E-state index contributed by atoms with van der Waals surface area (Å²) in [6.45, 7) is 0. The first-order valence-corrected chi connectivity index (χ1v) is 6.40. The lowest BCUT2D eigenvalue weighted by atomic mass is 10.2. The third kappa shape index (κ3) is 4.11. The number of carboxylic acid groups (broad SMARTS) is 1. The van der Waals surface area contributed by atoms with Crippen molar-refractivity contribution in [2.45, 2.75) is 12.5 Å². The van der Waals surface area contributed by atoms with Gasteiger partial charge in [-0.3, -0.25) is 9.59 Å². The first-order valence-electron chi connectivity index (χ1n) is 4.80. The van der Waals surface area contributed by atoms with Crippen LogP contribution in [0.25, 0.3) is 0 Å². The van der Waals surface area contributed by atoms with Crippen molar-refractivity contribution in [3.63, 3.8) is 0 Å². The van der Waals surface area contributed by atoms with E-state index >= 15 is 0 Å². The molecule has 0 saturated carbocycles. The molecule has 0 aromatic carbocycles. The van der Waals surface area contributed by atoms with Crippen LogP contribution in [0, 0.1) is 0 Å². The number of halogens is 1. The fraction of sp³-hybridized carbons (Fsp3) is 0.300. The molecular formula is C10H10BrNO5S. The second-order valence-electron chi connectivity index (χ2n) is 3.25. The van der Waals surface area contributed by atoms with Crippen LogP contribution in [0.3, 0.4) is 0 Å². The molecule has 1 aromatic heterocycles. The standard InChI is InChI=1S/C10H10BrNO5S/c1-17-8(13)4-5(10(15)16)12-9(14)6-2-3-7(11)18-6/h2-3,5H,4H2,1H3,(H,12,14)(H,15,16)/t5-/m0/s1. The molecule has 0 bridgehead atoms. The average molecular weight is 336 g/mol. The van der Waals surface area contributed by atoms with Gasteiger partial charge in [0.05, 0.1) is 22.2 Å². The summed E-state index contributed by atoms with van der Waals surface area (Å²) in [6.07, 6.45) is -0.413. The van der Waals surface area contributed by atoms with Gasteiger partial charge >= 0.3 is 11.9 Å². The second kappa shape index (κ2) is 6.50. The number of hydrogen-bond acceptors (Lipinski definition) is 5. The van der Waals surface area contributed by atoms with Crippen molar-refractivity contribution in [1.82, 2.24) is 5.32 Å². The quantitative estimate of drug-likeness (QED) is 0.790. The Hall–Kier alpha value is -1.41. The maximum Gasteiger partial charge on any atom is 0.326 e. The number of thiophene rings is 1. The van der Waals surface area contributed by atoms with Crippen LogP contribution < -0.4 is 5.32 Å². The number of hydrogen-bond donors (Lipinski definition) is 2. The van der Waals surface area contributed by atoms with Crippen molar-refractivity contribution in [3.05, 3.63) is 20.8 Å². The number of esters is 1. The highest BCUT2D eigenvalue weighted by molar-refractivity contribution is 9.11. The average Bonchev–Trinajstić information content (AvgIpc) is 2.74. The Morgan fingerprint density at radius 2 is 2.17 bits per heavy atom. The zero-order valence-electron chi connectivity index (χ0n) is 9.31. The van der Waals surface area contributed by atoms with Gasteiger partial charge in [-0.1, -0.05) is 0 Å². The molecule has 0 aliphatic rings. The van der Waals surface area contributed by atoms with Crippen LogP contribution in [0.15, 0.2) is 15.9 Å². The van der Waals surface area contributed by atoms with Crippen molar-refractivity contribution in [2.24, 2.45) is 0 Å². The van der Waals surface area contributed by atoms with E-state index in [1.165, 1.54) is 11.3 Å². The smallest absolute Gasteiger partial charge is 0.326 e. The molecule has 0 fully saturated rings. The number of carbonyl (C=O) groups is 3. The Bertz CT molecular complexity index is 473. The van der Waals surface area contributed by atoms with Crippen molar-refractivity contribution in [2.75, 3.05) is 7.11 Å². The minimum atomic E-state index is -1.30. The van der Waals surface area contributed by atoms with E-state index in [0.717, 1.165) is 10.9 Å². The van der Waals surface area contributed by atoms with Gasteiger partial charge in [0.1, 0.15) is 6.04 Å². The summed E-state index contributed by atoms with van der Waals surface area (Å²) in [7, 11) is 1.15. The molecule has 0 saturated heterocycles. The van der Waals surface area contributed by atoms with Crippen molar-refractivity contribution in [3.8, 4) is 0 Å². The van der Waals surface area contributed by atoms with Gasteiger partial charge in [0.25, 0.3) is 5.91 Å². The molecule has 0 radical (unpaired) electrons. The van der Waals surface area contributed by atoms with Crippen molar-refractivity contribution >= 4 is 45.1 Å². The Morgan fingerprint density at radius 3 is 2.61 bits per heavy atom. The minimum absolute atomic E-state index is 0.359. The normalized spacial score (nSPS) is 11.7. The molecule has 6 nitrogen and oxygen atoms in total. The lowest BCUT2D eigenvalue weighted by molar-refractivity contribution is -0.147. The predicted molar refractivity (Wildman–Crippen MR) is 67.5 cm³/mol. The van der Waals surface area contributed by atoms with Crippen LogP contribution in [0.5, 0.6) is 0 Å². The largest absolute Gasteiger partial charge is 0.480 e. The molecular weight excluding hydrogens is 326 g/mol. The van der Waals surface area contributed by atoms with E-state index in [0.29, 0.717) is 4.88 Å². The van der Waals surface area contributed by atoms with Crippen LogP contribution in [0.1, 0.15) is 16.1 Å². The first-order chi connectivity index (χ1) is 8.43. The predicted octanol–water partition coefficient (Wildman–Crippen LogP) is 1.26. The molecule has 0 aliphatic carbocycles. The SMILES string of the molecule is COC(=O)C[C@H](NC(=O)c1ccc(Br)s1)C(=O)O. The summed E-state index contributed by atoms with van der Waals surface area (Å²) in [6, 6.07) is 1.93. The number of carboxylic acids is 1. The molecule has 2 N–H and O–H groups in total. The first kappa shape index (κ1) is 14.7. The van der Waals surface area contributed by atoms with Crippen molar-refractivity contribution < 1.29 is 24.2 Å². The van der Waals surface area contributed by atoms with E-state index in [9.17, 15) is 14.4 Å². The highest BCUT2D eigenvalue weighted by Gasteiger charge is 2.24. The van der Waals surface area contributed by atoms with Crippen LogP contribution in [0.4, 0.5) is 0 Å². The summed E-state index contributed by atoms with van der Waals surface area (Å²) in [5.74, 6) is -2.53. The Kier molecular flexibility index (Phi) is 5.29. The third-order valence-corrected chi connectivity index (χ3v) is 3.62. The fourth-order valence-corrected chi connectivity index (χ4v) is 2.40. The summed E-state index contributed by atoms with van der Waals surface area (Å²) in [5.41, 5.74) is 0. The Balaban J connectivity index is 2.69. The number of methoxy groups -OCH3 is 1. The summed E-state index contributed by atoms with van der Waals surface area (Å²) in [4.78, 5) is 34.0. The highest BCUT2D eigenvalue weighted by Crippen LogP contribution is 2.21. The van der Waals surface area contributed by atoms with Gasteiger partial charge in [-0.15, -0.1) is 11.3 Å². The van der Waals surface area contributed by atoms with E-state index in [-0.39, 0.29) is 0 Å². The number of amides is 1. The molecule has 1 heterocycles. The lowest BCUT2D eigenvalue weighted by Crippen LogP contribution is -2.42. The van der Waals surface area contributed by atoms with Gasteiger partial charge in [-0.2, -0.15) is 0 Å². The van der Waals surface area contributed by atoms with Gasteiger partial charge in [0, 0.05) is 0 Å². The number of ether oxygens (including phenoxy) is 1. The zero-order valence-corrected chi connectivity index (χ0v) is 11.7. The van der Waals surface area contributed by atoms with E-state index in [1.54, 1.807) is 12.1 Å². The maximum atomic E-state index is 11.7. The van der Waals surface area contributed by atoms with E-state index in [2.05, 4.69) is 26.0 Å². The monoisotopic (exact) mass is 335 g/mol. The van der Waals surface area contributed by atoms with Crippen LogP contribution >= 0.6 is 27.3 Å². The molecule has 1 amide bonds. The Labute approximate surface area is 115 Å². The molecule has 1 atom stereocenters. The number of rotatable bonds is 5. The van der Waals surface area contributed by atoms with E-state index in [1.807, 2.05) is 0 Å². The second-order valence-corrected chi connectivity index (χ2v) is 5.71. The summed E-state index contributed by atoms with van der Waals surface area (Å²) < 4.78 is 5.12. The number of aliphatic carboxylic acids is 1. The number of carbonyl (C=O) groups excluding carboxylic acids is 2. The topological polar surface area (TPSA) is 92.7 Å². The van der Waals surface area contributed by atoms with Crippen molar-refractivity contribution in [1.29, 1.82) is 0 Å². The summed E-state index contributed by atoms with van der Waals surface area (Å²) >= 11 is 4.36. The van der Waals surface area contributed by atoms with Gasteiger partial charge in [-0.05, 0) is 28.1 Å². The van der Waals surface area contributed by atoms with E-state index < -0.39 is 30.3 Å². The van der Waals surface area contributed by atoms with Crippen LogP contribution in [0.2, 0.25) is 0 Å². The maximum absolute atomic E-state index is 11.7. The molecule has 8 heteroatoms. The van der Waals surface area contributed by atoms with Crippen LogP contribution in [-0.4, -0.2) is 36.1 Å². The molecule has 18 heavy (non-hydrogen) atoms. The fourth-order valence-electron chi connectivity index (χ4n) is 1.12. The molecule has 0 spiro atoms. The lowest BCUT2D eigenvalue weighted by Gasteiger charge is -2.12. The molecule has 0 aliphatic heterocycles. The van der Waals surface area contributed by atoms with Gasteiger partial charge in [0.15, 0.2) is 0 Å². The van der Waals surface area contributed by atoms with Gasteiger partial charge < -0.3 is 15.2 Å². The third-order valence-electron chi connectivity index (χ3n) is 2.00. The minimum Gasteiger partial charge on any atom is -0.480 e. The molecule has 0 unspecified atom stereocenters. The molecule has 1 aromatic rings. The summed E-state index contributed by atoms with van der Waals surface area (Å²) in [5, 5.41) is 11.2. The Morgan fingerprint density at radius 1 is 1.50 bits per heavy atom. The highest BCUT2D eigenvalue weighted by atomic mass is 79.9. The zero-order chi connectivity index (χ0) is 13.7.